The van der Waals surface area contributed by atoms with Crippen LogP contribution in [-0.2, 0) is 11.3 Å². The predicted molar refractivity (Wildman–Crippen MR) is 96.3 cm³/mol. The smallest absolute Gasteiger partial charge is 0.185 e. The maximum Gasteiger partial charge on any atom is 0.185 e. The van der Waals surface area contributed by atoms with Crippen LogP contribution in [0.3, 0.4) is 0 Å². The predicted octanol–water partition coefficient (Wildman–Crippen LogP) is 2.66. The lowest BCUT2D eigenvalue weighted by Gasteiger charge is -2.43. The van der Waals surface area contributed by atoms with E-state index in [-0.39, 0.29) is 5.41 Å². The van der Waals surface area contributed by atoms with Crippen molar-refractivity contribution in [1.82, 2.24) is 14.9 Å². The van der Waals surface area contributed by atoms with Crippen LogP contribution < -0.4 is 4.90 Å². The number of rotatable bonds is 3. The summed E-state index contributed by atoms with van der Waals surface area (Å²) in [5.74, 6) is 0. The summed E-state index contributed by atoms with van der Waals surface area (Å²) in [7, 11) is 0. The van der Waals surface area contributed by atoms with Crippen LogP contribution in [0.2, 0.25) is 0 Å². The van der Waals surface area contributed by atoms with Crippen molar-refractivity contribution in [3.8, 4) is 0 Å². The van der Waals surface area contributed by atoms with Crippen LogP contribution in [0.25, 0.3) is 0 Å². The molecule has 2 aromatic rings. The molecule has 0 aliphatic carbocycles. The zero-order valence-electron chi connectivity index (χ0n) is 13.9. The number of hydrogen-bond acceptors (Lipinski definition) is 6. The normalized spacial score (nSPS) is 25.8. The topological polar surface area (TPSA) is 41.5 Å². The third-order valence-electron chi connectivity index (χ3n) is 5.03. The molecular weight excluding hydrogens is 320 g/mol. The summed E-state index contributed by atoms with van der Waals surface area (Å²) in [6.07, 6.45) is 8.14. The van der Waals surface area contributed by atoms with E-state index in [1.807, 2.05) is 18.6 Å². The average molecular weight is 344 g/mol. The van der Waals surface area contributed by atoms with Gasteiger partial charge in [0.25, 0.3) is 0 Å². The molecule has 4 heterocycles. The van der Waals surface area contributed by atoms with Gasteiger partial charge in [-0.25, -0.2) is 4.98 Å². The molecule has 0 radical (unpaired) electrons. The van der Waals surface area contributed by atoms with Gasteiger partial charge in [-0.05, 0) is 37.1 Å². The molecule has 0 saturated carbocycles. The fourth-order valence-electron chi connectivity index (χ4n) is 3.97. The standard InChI is InChI=1S/C18H24N4OS/c1-4-18(13-21(8-1)12-16-2-5-19-6-3-16)14-22(9-10-23-15-18)17-20-7-11-24-17/h2-3,5-7,11H,1,4,8-10,12-15H2. The van der Waals surface area contributed by atoms with Crippen LogP contribution >= 0.6 is 11.3 Å². The Hall–Kier alpha value is -1.50. The minimum Gasteiger partial charge on any atom is -0.379 e. The Labute approximate surface area is 147 Å². The molecule has 2 saturated heterocycles. The van der Waals surface area contributed by atoms with Gasteiger partial charge in [-0.2, -0.15) is 0 Å². The monoisotopic (exact) mass is 344 g/mol. The second kappa shape index (κ2) is 7.17. The molecule has 1 spiro atoms. The van der Waals surface area contributed by atoms with Gasteiger partial charge in [0.2, 0.25) is 0 Å². The molecule has 1 atom stereocenters. The van der Waals surface area contributed by atoms with Crippen LogP contribution in [0, 0.1) is 5.41 Å². The molecule has 2 aliphatic rings. The van der Waals surface area contributed by atoms with E-state index in [1.54, 1.807) is 11.3 Å². The Morgan fingerprint density at radius 3 is 2.92 bits per heavy atom. The maximum absolute atomic E-state index is 6.01. The number of pyridine rings is 1. The van der Waals surface area contributed by atoms with Crippen molar-refractivity contribution in [2.45, 2.75) is 19.4 Å². The Morgan fingerprint density at radius 1 is 1.17 bits per heavy atom. The first-order valence-corrected chi connectivity index (χ1v) is 9.54. The number of ether oxygens (including phenoxy) is 1. The van der Waals surface area contributed by atoms with Crippen LogP contribution in [0.5, 0.6) is 0 Å². The molecule has 24 heavy (non-hydrogen) atoms. The third-order valence-corrected chi connectivity index (χ3v) is 5.86. The lowest BCUT2D eigenvalue weighted by Crippen LogP contribution is -2.50. The highest BCUT2D eigenvalue weighted by Gasteiger charge is 2.39. The van der Waals surface area contributed by atoms with E-state index in [9.17, 15) is 0 Å². The van der Waals surface area contributed by atoms with E-state index < -0.39 is 0 Å². The summed E-state index contributed by atoms with van der Waals surface area (Å²) in [6.45, 7) is 6.92. The van der Waals surface area contributed by atoms with Gasteiger partial charge in [0.05, 0.1) is 13.2 Å². The van der Waals surface area contributed by atoms with Gasteiger partial charge in [-0.3, -0.25) is 9.88 Å². The summed E-state index contributed by atoms with van der Waals surface area (Å²) < 4.78 is 6.01. The van der Waals surface area contributed by atoms with Gasteiger partial charge in [-0.1, -0.05) is 0 Å². The van der Waals surface area contributed by atoms with E-state index in [1.165, 1.54) is 24.9 Å². The zero-order chi connectivity index (χ0) is 16.2. The first kappa shape index (κ1) is 16.0. The Kier molecular flexibility index (Phi) is 4.78. The van der Waals surface area contributed by atoms with E-state index in [0.717, 1.165) is 44.5 Å². The zero-order valence-corrected chi connectivity index (χ0v) is 14.7. The Morgan fingerprint density at radius 2 is 2.08 bits per heavy atom. The summed E-state index contributed by atoms with van der Waals surface area (Å²) in [6, 6.07) is 4.24. The average Bonchev–Trinajstić information content (AvgIpc) is 3.07. The molecule has 4 rings (SSSR count). The highest BCUT2D eigenvalue weighted by atomic mass is 32.1. The van der Waals surface area contributed by atoms with Gasteiger partial charge in [0.1, 0.15) is 0 Å². The van der Waals surface area contributed by atoms with Gasteiger partial charge in [-0.15, -0.1) is 11.3 Å². The van der Waals surface area contributed by atoms with E-state index >= 15 is 0 Å². The molecule has 0 N–H and O–H groups in total. The minimum atomic E-state index is 0.216. The quantitative estimate of drug-likeness (QED) is 0.856. The van der Waals surface area contributed by atoms with Crippen molar-refractivity contribution in [2.75, 3.05) is 44.3 Å². The Balaban J connectivity index is 1.48. The van der Waals surface area contributed by atoms with Gasteiger partial charge >= 0.3 is 0 Å². The van der Waals surface area contributed by atoms with Crippen molar-refractivity contribution in [3.63, 3.8) is 0 Å². The molecule has 128 valence electrons. The largest absolute Gasteiger partial charge is 0.379 e. The van der Waals surface area contributed by atoms with Crippen LogP contribution in [0.4, 0.5) is 5.13 Å². The molecule has 0 bridgehead atoms. The van der Waals surface area contributed by atoms with Crippen LogP contribution in [0.15, 0.2) is 36.1 Å². The van der Waals surface area contributed by atoms with Crippen LogP contribution in [-0.4, -0.2) is 54.3 Å². The SMILES string of the molecule is c1cc(CN2CCCC3(COCCN(c4nccs4)C3)C2)ccn1. The van der Waals surface area contributed by atoms with E-state index in [4.69, 9.17) is 4.74 Å². The number of aromatic nitrogens is 2. The second-order valence-electron chi connectivity index (χ2n) is 6.96. The Bertz CT molecular complexity index is 636. The molecule has 1 unspecified atom stereocenters. The summed E-state index contributed by atoms with van der Waals surface area (Å²) in [5.41, 5.74) is 1.56. The van der Waals surface area contributed by atoms with Crippen molar-refractivity contribution in [3.05, 3.63) is 41.7 Å². The highest BCUT2D eigenvalue weighted by Crippen LogP contribution is 2.35. The fourth-order valence-corrected chi connectivity index (χ4v) is 4.64. The molecule has 5 nitrogen and oxygen atoms in total. The molecule has 0 amide bonds. The first-order valence-electron chi connectivity index (χ1n) is 8.67. The second-order valence-corrected chi connectivity index (χ2v) is 7.83. The van der Waals surface area contributed by atoms with Gasteiger partial charge in [0.15, 0.2) is 5.13 Å². The maximum atomic E-state index is 6.01. The van der Waals surface area contributed by atoms with E-state index in [2.05, 4.69) is 37.3 Å². The van der Waals surface area contributed by atoms with Crippen molar-refractivity contribution >= 4 is 16.5 Å². The molecule has 2 aliphatic heterocycles. The summed E-state index contributed by atoms with van der Waals surface area (Å²) in [4.78, 5) is 13.6. The number of piperidine rings is 1. The highest BCUT2D eigenvalue weighted by molar-refractivity contribution is 7.13. The first-order chi connectivity index (χ1) is 11.8. The minimum absolute atomic E-state index is 0.216. The molecule has 2 fully saturated rings. The van der Waals surface area contributed by atoms with Crippen molar-refractivity contribution in [2.24, 2.45) is 5.41 Å². The molecule has 0 aromatic carbocycles. The molecule has 2 aromatic heterocycles. The van der Waals surface area contributed by atoms with Crippen molar-refractivity contribution < 1.29 is 4.74 Å². The van der Waals surface area contributed by atoms with Crippen LogP contribution in [0.1, 0.15) is 18.4 Å². The lowest BCUT2D eigenvalue weighted by molar-refractivity contribution is 0.0106. The summed E-state index contributed by atoms with van der Waals surface area (Å²) >= 11 is 1.73. The number of nitrogens with zero attached hydrogens (tertiary/aromatic N) is 4. The molecule has 6 heteroatoms. The number of anilines is 1. The summed E-state index contributed by atoms with van der Waals surface area (Å²) in [5, 5.41) is 3.19. The number of likely N-dealkylation sites (tertiary alicyclic amines) is 1. The van der Waals surface area contributed by atoms with Crippen molar-refractivity contribution in [1.29, 1.82) is 0 Å². The van der Waals surface area contributed by atoms with E-state index in [0.29, 0.717) is 0 Å². The lowest BCUT2D eigenvalue weighted by atomic mass is 9.80. The van der Waals surface area contributed by atoms with Gasteiger partial charge < -0.3 is 9.64 Å². The molecular formula is C18H24N4OS. The van der Waals surface area contributed by atoms with Gasteiger partial charge in [0, 0.05) is 55.6 Å². The fraction of sp³-hybridized carbons (Fsp3) is 0.556. The number of thiazole rings is 1. The third kappa shape index (κ3) is 3.61. The number of hydrogen-bond donors (Lipinski definition) is 0.